The van der Waals surface area contributed by atoms with Crippen LogP contribution in [0.4, 0.5) is 4.39 Å². The highest BCUT2D eigenvalue weighted by molar-refractivity contribution is 7.89. The standard InChI is InChI=1S/C22H21FN2O3S/c1-16(18-5-3-2-4-6-18)25-22(26)19-9-7-17(8-10-19)15-24-29(27,28)21-13-11-20(23)12-14-21/h2-14,16,24H,15H2,1H3,(H,25,26)/t16-/m1/s1. The number of rotatable bonds is 7. The third-order valence-electron chi connectivity index (χ3n) is 4.45. The van der Waals surface area contributed by atoms with E-state index in [-0.39, 0.29) is 23.4 Å². The first kappa shape index (κ1) is 20.7. The summed E-state index contributed by atoms with van der Waals surface area (Å²) in [4.78, 5) is 12.4. The fraction of sp³-hybridized carbons (Fsp3) is 0.136. The highest BCUT2D eigenvalue weighted by Gasteiger charge is 2.14. The number of carbonyl (C=O) groups excluding carboxylic acids is 1. The quantitative estimate of drug-likeness (QED) is 0.620. The second-order valence-corrected chi connectivity index (χ2v) is 8.35. The lowest BCUT2D eigenvalue weighted by molar-refractivity contribution is 0.0940. The van der Waals surface area contributed by atoms with Crippen LogP contribution in [0.1, 0.15) is 34.5 Å². The van der Waals surface area contributed by atoms with Crippen LogP contribution >= 0.6 is 0 Å². The third-order valence-corrected chi connectivity index (χ3v) is 5.87. The average Bonchev–Trinajstić information content (AvgIpc) is 2.73. The van der Waals surface area contributed by atoms with Crippen molar-refractivity contribution >= 4 is 15.9 Å². The normalized spacial score (nSPS) is 12.3. The van der Waals surface area contributed by atoms with Gasteiger partial charge in [-0.25, -0.2) is 17.5 Å². The van der Waals surface area contributed by atoms with Gasteiger partial charge in [-0.15, -0.1) is 0 Å². The highest BCUT2D eigenvalue weighted by atomic mass is 32.2. The predicted octanol–water partition coefficient (Wildman–Crippen LogP) is 3.80. The molecule has 0 bridgehead atoms. The fourth-order valence-corrected chi connectivity index (χ4v) is 3.77. The molecule has 3 aromatic carbocycles. The minimum atomic E-state index is -3.74. The van der Waals surface area contributed by atoms with Gasteiger partial charge in [0.25, 0.3) is 5.91 Å². The molecule has 0 saturated heterocycles. The predicted molar refractivity (Wildman–Crippen MR) is 109 cm³/mol. The summed E-state index contributed by atoms with van der Waals surface area (Å²) in [6.07, 6.45) is 0. The Balaban J connectivity index is 1.59. The summed E-state index contributed by atoms with van der Waals surface area (Å²) in [5.74, 6) is -0.709. The maximum atomic E-state index is 13.0. The van der Waals surface area contributed by atoms with Crippen molar-refractivity contribution < 1.29 is 17.6 Å². The van der Waals surface area contributed by atoms with Gasteiger partial charge in [0, 0.05) is 12.1 Å². The molecule has 0 fully saturated rings. The Hall–Kier alpha value is -3.03. The van der Waals surface area contributed by atoms with E-state index in [1.165, 1.54) is 12.1 Å². The second-order valence-electron chi connectivity index (χ2n) is 6.58. The van der Waals surface area contributed by atoms with Crippen molar-refractivity contribution in [1.82, 2.24) is 10.0 Å². The number of benzene rings is 3. The van der Waals surface area contributed by atoms with Crippen LogP contribution in [0.15, 0.2) is 83.8 Å². The number of sulfonamides is 1. The van der Waals surface area contributed by atoms with E-state index in [2.05, 4.69) is 10.0 Å². The van der Waals surface area contributed by atoms with Crippen LogP contribution in [-0.4, -0.2) is 14.3 Å². The molecular weight excluding hydrogens is 391 g/mol. The minimum absolute atomic E-state index is 0.00945. The van der Waals surface area contributed by atoms with Crippen molar-refractivity contribution in [2.45, 2.75) is 24.4 Å². The molecule has 0 aliphatic carbocycles. The maximum Gasteiger partial charge on any atom is 0.251 e. The van der Waals surface area contributed by atoms with E-state index in [9.17, 15) is 17.6 Å². The lowest BCUT2D eigenvalue weighted by Gasteiger charge is -2.14. The Morgan fingerprint density at radius 1 is 0.931 bits per heavy atom. The van der Waals surface area contributed by atoms with Crippen LogP contribution in [0.25, 0.3) is 0 Å². The summed E-state index contributed by atoms with van der Waals surface area (Å²) in [5.41, 5.74) is 2.19. The molecule has 3 rings (SSSR count). The number of hydrogen-bond acceptors (Lipinski definition) is 3. The molecule has 0 spiro atoms. The van der Waals surface area contributed by atoms with Crippen LogP contribution < -0.4 is 10.0 Å². The molecule has 5 nitrogen and oxygen atoms in total. The Morgan fingerprint density at radius 2 is 1.55 bits per heavy atom. The lowest BCUT2D eigenvalue weighted by Crippen LogP contribution is -2.26. The number of nitrogens with one attached hydrogen (secondary N) is 2. The minimum Gasteiger partial charge on any atom is -0.346 e. The molecular formula is C22H21FN2O3S. The molecule has 3 aromatic rings. The molecule has 0 aromatic heterocycles. The van der Waals surface area contributed by atoms with E-state index in [0.29, 0.717) is 11.1 Å². The number of halogens is 1. The van der Waals surface area contributed by atoms with Crippen molar-refractivity contribution in [3.63, 3.8) is 0 Å². The Bertz CT molecular complexity index is 1070. The average molecular weight is 412 g/mol. The smallest absolute Gasteiger partial charge is 0.251 e. The first-order valence-electron chi connectivity index (χ1n) is 9.05. The monoisotopic (exact) mass is 412 g/mol. The van der Waals surface area contributed by atoms with E-state index in [4.69, 9.17) is 0 Å². The van der Waals surface area contributed by atoms with E-state index in [1.54, 1.807) is 24.3 Å². The lowest BCUT2D eigenvalue weighted by atomic mass is 10.1. The zero-order valence-electron chi connectivity index (χ0n) is 15.8. The third kappa shape index (κ3) is 5.49. The summed E-state index contributed by atoms with van der Waals surface area (Å²) >= 11 is 0. The molecule has 150 valence electrons. The number of carbonyl (C=O) groups is 1. The van der Waals surface area contributed by atoms with Crippen LogP contribution in [-0.2, 0) is 16.6 Å². The molecule has 1 atom stereocenters. The fourth-order valence-electron chi connectivity index (χ4n) is 2.75. The highest BCUT2D eigenvalue weighted by Crippen LogP contribution is 2.14. The van der Waals surface area contributed by atoms with Crippen LogP contribution in [0, 0.1) is 5.82 Å². The first-order valence-corrected chi connectivity index (χ1v) is 10.5. The van der Waals surface area contributed by atoms with Gasteiger partial charge in [0.05, 0.1) is 10.9 Å². The summed E-state index contributed by atoms with van der Waals surface area (Å²) in [6, 6.07) is 20.8. The van der Waals surface area contributed by atoms with Gasteiger partial charge in [-0.2, -0.15) is 0 Å². The van der Waals surface area contributed by atoms with Crippen LogP contribution in [0.3, 0.4) is 0 Å². The van der Waals surface area contributed by atoms with Crippen molar-refractivity contribution in [3.05, 3.63) is 101 Å². The van der Waals surface area contributed by atoms with E-state index in [1.807, 2.05) is 37.3 Å². The Labute approximate surface area is 169 Å². The van der Waals surface area contributed by atoms with E-state index < -0.39 is 15.8 Å². The summed E-state index contributed by atoms with van der Waals surface area (Å²) in [6.45, 7) is 1.97. The molecule has 0 heterocycles. The van der Waals surface area contributed by atoms with Gasteiger partial charge in [0.15, 0.2) is 0 Å². The first-order chi connectivity index (χ1) is 13.8. The van der Waals surface area contributed by atoms with Gasteiger partial charge in [0.2, 0.25) is 10.0 Å². The van der Waals surface area contributed by atoms with E-state index >= 15 is 0 Å². The number of hydrogen-bond donors (Lipinski definition) is 2. The molecule has 0 saturated carbocycles. The molecule has 29 heavy (non-hydrogen) atoms. The SMILES string of the molecule is C[C@@H](NC(=O)c1ccc(CNS(=O)(=O)c2ccc(F)cc2)cc1)c1ccccc1. The van der Waals surface area contributed by atoms with Gasteiger partial charge in [0.1, 0.15) is 5.82 Å². The summed E-state index contributed by atoms with van der Waals surface area (Å²) in [5, 5.41) is 2.93. The molecule has 0 aliphatic heterocycles. The largest absolute Gasteiger partial charge is 0.346 e. The summed E-state index contributed by atoms with van der Waals surface area (Å²) in [7, 11) is -3.74. The van der Waals surface area contributed by atoms with Crippen LogP contribution in [0.2, 0.25) is 0 Å². The van der Waals surface area contributed by atoms with Gasteiger partial charge < -0.3 is 5.32 Å². The van der Waals surface area contributed by atoms with Crippen molar-refractivity contribution in [1.29, 1.82) is 0 Å². The molecule has 1 amide bonds. The van der Waals surface area contributed by atoms with Crippen molar-refractivity contribution in [2.75, 3.05) is 0 Å². The van der Waals surface area contributed by atoms with Gasteiger partial charge in [-0.1, -0.05) is 42.5 Å². The Morgan fingerprint density at radius 3 is 2.17 bits per heavy atom. The van der Waals surface area contributed by atoms with Crippen molar-refractivity contribution in [2.24, 2.45) is 0 Å². The second kappa shape index (κ2) is 8.98. The van der Waals surface area contributed by atoms with Crippen molar-refractivity contribution in [3.8, 4) is 0 Å². The zero-order valence-corrected chi connectivity index (χ0v) is 16.6. The Kier molecular flexibility index (Phi) is 6.41. The van der Waals surface area contributed by atoms with E-state index in [0.717, 1.165) is 17.7 Å². The summed E-state index contributed by atoms with van der Waals surface area (Å²) < 4.78 is 39.9. The maximum absolute atomic E-state index is 13.0. The molecule has 0 radical (unpaired) electrons. The van der Waals surface area contributed by atoms with Gasteiger partial charge >= 0.3 is 0 Å². The molecule has 7 heteroatoms. The van der Waals surface area contributed by atoms with Gasteiger partial charge in [-0.3, -0.25) is 4.79 Å². The molecule has 0 unspecified atom stereocenters. The zero-order chi connectivity index (χ0) is 20.9. The topological polar surface area (TPSA) is 75.3 Å². The van der Waals surface area contributed by atoms with Crippen LogP contribution in [0.5, 0.6) is 0 Å². The van der Waals surface area contributed by atoms with Gasteiger partial charge in [-0.05, 0) is 54.4 Å². The molecule has 2 N–H and O–H groups in total. The molecule has 0 aliphatic rings. The number of amides is 1.